The zero-order valence-corrected chi connectivity index (χ0v) is 16.8. The average molecular weight is 397 g/mol. The Labute approximate surface area is 163 Å². The molecule has 0 aliphatic carbocycles. The molecule has 1 aromatic rings. The number of nitrogens with zero attached hydrogens (tertiary/aromatic N) is 1. The Hall–Kier alpha value is -1.77. The molecule has 7 nitrogen and oxygen atoms in total. The highest BCUT2D eigenvalue weighted by Gasteiger charge is 2.39. The molecular weight excluding hydrogens is 370 g/mol. The first kappa shape index (κ1) is 21.5. The number of hydrogen-bond acceptors (Lipinski definition) is 7. The Kier molecular flexibility index (Phi) is 7.94. The van der Waals surface area contributed by atoms with E-state index in [-0.39, 0.29) is 5.75 Å². The summed E-state index contributed by atoms with van der Waals surface area (Å²) in [7, 11) is 1.62. The molecule has 2 N–H and O–H groups in total. The lowest BCUT2D eigenvalue weighted by Gasteiger charge is -2.15. The number of methoxy groups -OCH3 is 1. The number of ether oxygens (including phenoxy) is 3. The molecule has 0 saturated carbocycles. The van der Waals surface area contributed by atoms with Gasteiger partial charge in [0.05, 0.1) is 19.8 Å². The summed E-state index contributed by atoms with van der Waals surface area (Å²) in [5.41, 5.74) is 0.0998. The van der Waals surface area contributed by atoms with E-state index in [1.165, 1.54) is 11.8 Å². The van der Waals surface area contributed by atoms with Crippen molar-refractivity contribution in [3.63, 3.8) is 0 Å². The minimum absolute atomic E-state index is 0.107. The average Bonchev–Trinajstić information content (AvgIpc) is 3.04. The summed E-state index contributed by atoms with van der Waals surface area (Å²) >= 11 is 1.34. The van der Waals surface area contributed by atoms with Gasteiger partial charge in [-0.1, -0.05) is 13.3 Å². The maximum atomic E-state index is 11.4. The number of carboxylic acid groups (broad SMARTS) is 1. The number of aliphatic imine (C=N–C) groups is 1. The summed E-state index contributed by atoms with van der Waals surface area (Å²) in [5.74, 6) is 0.0948. The number of phenols is 1. The number of aliphatic carboxylic acids is 1. The predicted octanol–water partition coefficient (Wildman–Crippen LogP) is 2.72. The second-order valence-electron chi connectivity index (χ2n) is 6.43. The van der Waals surface area contributed by atoms with Crippen molar-refractivity contribution >= 4 is 22.8 Å². The molecule has 27 heavy (non-hydrogen) atoms. The van der Waals surface area contributed by atoms with Gasteiger partial charge in [0.2, 0.25) is 0 Å². The van der Waals surface area contributed by atoms with E-state index in [1.807, 2.05) is 6.92 Å². The van der Waals surface area contributed by atoms with Crippen LogP contribution in [0.25, 0.3) is 0 Å². The summed E-state index contributed by atoms with van der Waals surface area (Å²) < 4.78 is 16.1. The molecule has 1 aromatic carbocycles. The highest BCUT2D eigenvalue weighted by molar-refractivity contribution is 8.14. The number of phenolic OH excluding ortho intramolecular Hbond substituents is 1. The van der Waals surface area contributed by atoms with Crippen molar-refractivity contribution in [2.75, 3.05) is 39.3 Å². The van der Waals surface area contributed by atoms with E-state index in [2.05, 4.69) is 4.99 Å². The molecule has 1 aliphatic heterocycles. The maximum absolute atomic E-state index is 11.4. The van der Waals surface area contributed by atoms with Crippen LogP contribution in [0, 0.1) is 0 Å². The van der Waals surface area contributed by atoms with Gasteiger partial charge in [-0.05, 0) is 25.5 Å². The molecule has 0 fully saturated rings. The topological polar surface area (TPSA) is 97.6 Å². The Morgan fingerprint density at radius 2 is 2.04 bits per heavy atom. The van der Waals surface area contributed by atoms with Gasteiger partial charge in [0.1, 0.15) is 23.1 Å². The zero-order valence-electron chi connectivity index (χ0n) is 16.0. The standard InChI is InChI=1S/C19H27NO6S/c1-4-5-13-15(26-11-10-25-9-8-24-3)7-6-14(16(13)21)17-20-19(2,12-27-17)18(22)23/h6-7,21H,4-5,8-12H2,1-3H3,(H,22,23). The predicted molar refractivity (Wildman–Crippen MR) is 105 cm³/mol. The van der Waals surface area contributed by atoms with Gasteiger partial charge in [-0.25, -0.2) is 4.79 Å². The minimum atomic E-state index is -1.16. The Balaban J connectivity index is 2.15. The number of carboxylic acids is 1. The molecule has 2 rings (SSSR count). The van der Waals surface area contributed by atoms with Gasteiger partial charge in [-0.2, -0.15) is 0 Å². The fourth-order valence-electron chi connectivity index (χ4n) is 2.62. The van der Waals surface area contributed by atoms with Crippen LogP contribution in [0.2, 0.25) is 0 Å². The summed E-state index contributed by atoms with van der Waals surface area (Å²) in [4.78, 5) is 15.7. The van der Waals surface area contributed by atoms with Crippen molar-refractivity contribution in [2.45, 2.75) is 32.2 Å². The smallest absolute Gasteiger partial charge is 0.332 e. The fourth-order valence-corrected chi connectivity index (χ4v) is 3.81. The number of carbonyl (C=O) groups is 1. The first-order valence-electron chi connectivity index (χ1n) is 8.93. The molecule has 1 unspecified atom stereocenters. The van der Waals surface area contributed by atoms with Crippen LogP contribution in [0.4, 0.5) is 0 Å². The van der Waals surface area contributed by atoms with Crippen molar-refractivity contribution in [3.8, 4) is 11.5 Å². The molecule has 8 heteroatoms. The van der Waals surface area contributed by atoms with E-state index in [0.29, 0.717) is 60.5 Å². The summed E-state index contributed by atoms with van der Waals surface area (Å²) in [6.45, 7) is 5.44. The van der Waals surface area contributed by atoms with Crippen molar-refractivity contribution < 1.29 is 29.2 Å². The minimum Gasteiger partial charge on any atom is -0.507 e. The molecule has 0 amide bonds. The quantitative estimate of drug-likeness (QED) is 0.554. The van der Waals surface area contributed by atoms with Crippen LogP contribution in [0.1, 0.15) is 31.4 Å². The Bertz CT molecular complexity index is 693. The molecule has 0 aromatic heterocycles. The summed E-state index contributed by atoms with van der Waals surface area (Å²) in [6, 6.07) is 3.53. The largest absolute Gasteiger partial charge is 0.507 e. The van der Waals surface area contributed by atoms with Crippen LogP contribution >= 0.6 is 11.8 Å². The van der Waals surface area contributed by atoms with E-state index in [9.17, 15) is 15.0 Å². The van der Waals surface area contributed by atoms with Crippen LogP contribution in [0.5, 0.6) is 11.5 Å². The normalized spacial score (nSPS) is 19.1. The lowest BCUT2D eigenvalue weighted by molar-refractivity contribution is -0.141. The SMILES string of the molecule is CCCc1c(OCCOCCOC)ccc(C2=NC(C)(C(=O)O)CS2)c1O. The van der Waals surface area contributed by atoms with Crippen molar-refractivity contribution in [3.05, 3.63) is 23.3 Å². The fraction of sp³-hybridized carbons (Fsp3) is 0.579. The maximum Gasteiger partial charge on any atom is 0.332 e. The van der Waals surface area contributed by atoms with E-state index in [1.54, 1.807) is 26.2 Å². The number of hydrogen-bond donors (Lipinski definition) is 2. The van der Waals surface area contributed by atoms with Gasteiger partial charge < -0.3 is 24.4 Å². The van der Waals surface area contributed by atoms with Crippen molar-refractivity contribution in [2.24, 2.45) is 4.99 Å². The number of thioether (sulfide) groups is 1. The van der Waals surface area contributed by atoms with E-state index >= 15 is 0 Å². The number of rotatable bonds is 11. The highest BCUT2D eigenvalue weighted by Crippen LogP contribution is 2.38. The third kappa shape index (κ3) is 5.37. The van der Waals surface area contributed by atoms with Gasteiger partial charge in [0, 0.05) is 24.0 Å². The molecule has 150 valence electrons. The van der Waals surface area contributed by atoms with Crippen molar-refractivity contribution in [1.29, 1.82) is 0 Å². The monoisotopic (exact) mass is 397 g/mol. The van der Waals surface area contributed by atoms with Crippen LogP contribution in [0.3, 0.4) is 0 Å². The second-order valence-corrected chi connectivity index (χ2v) is 7.39. The molecule has 1 aliphatic rings. The molecule has 0 spiro atoms. The molecule has 0 bridgehead atoms. The van der Waals surface area contributed by atoms with E-state index in [0.717, 1.165) is 6.42 Å². The van der Waals surface area contributed by atoms with Crippen LogP contribution in [-0.2, 0) is 20.7 Å². The van der Waals surface area contributed by atoms with Gasteiger partial charge in [-0.3, -0.25) is 4.99 Å². The highest BCUT2D eigenvalue weighted by atomic mass is 32.2. The van der Waals surface area contributed by atoms with Gasteiger partial charge in [0.15, 0.2) is 5.54 Å². The lowest BCUT2D eigenvalue weighted by atomic mass is 10.0. The molecular formula is C19H27NO6S. The first-order chi connectivity index (χ1) is 12.9. The van der Waals surface area contributed by atoms with Crippen LogP contribution in [-0.4, -0.2) is 66.1 Å². The summed E-state index contributed by atoms with van der Waals surface area (Å²) in [6.07, 6.45) is 1.48. The Morgan fingerprint density at radius 3 is 2.67 bits per heavy atom. The van der Waals surface area contributed by atoms with Gasteiger partial charge in [-0.15, -0.1) is 11.8 Å². The molecule has 1 atom stereocenters. The second kappa shape index (κ2) is 9.96. The molecule has 1 heterocycles. The van der Waals surface area contributed by atoms with Crippen molar-refractivity contribution in [1.82, 2.24) is 0 Å². The Morgan fingerprint density at radius 1 is 1.30 bits per heavy atom. The first-order valence-corrected chi connectivity index (χ1v) is 9.92. The van der Waals surface area contributed by atoms with E-state index < -0.39 is 11.5 Å². The number of aromatic hydroxyl groups is 1. The third-order valence-electron chi connectivity index (χ3n) is 4.19. The third-order valence-corrected chi connectivity index (χ3v) is 5.48. The van der Waals surface area contributed by atoms with Crippen LogP contribution in [0.15, 0.2) is 17.1 Å². The van der Waals surface area contributed by atoms with Crippen LogP contribution < -0.4 is 4.74 Å². The van der Waals surface area contributed by atoms with Gasteiger partial charge in [0.25, 0.3) is 0 Å². The van der Waals surface area contributed by atoms with E-state index in [4.69, 9.17) is 14.2 Å². The zero-order chi connectivity index (χ0) is 19.9. The number of benzene rings is 1. The molecule has 0 radical (unpaired) electrons. The van der Waals surface area contributed by atoms with Gasteiger partial charge >= 0.3 is 5.97 Å². The molecule has 0 saturated heterocycles. The summed E-state index contributed by atoms with van der Waals surface area (Å²) in [5, 5.41) is 20.7. The lowest BCUT2D eigenvalue weighted by Crippen LogP contribution is -2.33.